The predicted molar refractivity (Wildman–Crippen MR) is 75.0 cm³/mol. The van der Waals surface area contributed by atoms with Crippen LogP contribution in [-0.2, 0) is 11.3 Å². The maximum atomic E-state index is 5.71. The van der Waals surface area contributed by atoms with E-state index in [1.165, 1.54) is 5.56 Å². The molecular weight excluding hydrogens is 232 g/mol. The molecule has 0 amide bonds. The molecule has 0 bridgehead atoms. The van der Waals surface area contributed by atoms with E-state index >= 15 is 0 Å². The third-order valence-corrected chi connectivity index (χ3v) is 3.11. The van der Waals surface area contributed by atoms with E-state index in [1.807, 2.05) is 25.1 Å². The summed E-state index contributed by atoms with van der Waals surface area (Å²) in [7, 11) is 1.70. The lowest BCUT2D eigenvalue weighted by molar-refractivity contribution is 0.136. The van der Waals surface area contributed by atoms with Gasteiger partial charge in [-0.3, -0.25) is 4.90 Å². The van der Waals surface area contributed by atoms with Gasteiger partial charge < -0.3 is 10.5 Å². The second-order valence-electron chi connectivity index (χ2n) is 4.03. The lowest BCUT2D eigenvalue weighted by Crippen LogP contribution is -2.42. The summed E-state index contributed by atoms with van der Waals surface area (Å²) in [5.41, 5.74) is 6.97. The molecule has 0 heterocycles. The Bertz CT molecular complexity index is 343. The molecule has 0 aliphatic heterocycles. The Hall–Kier alpha value is -0.970. The van der Waals surface area contributed by atoms with Crippen molar-refractivity contribution in [3.63, 3.8) is 0 Å². The SMILES string of the molecule is COCCN(Cc1ccccc1)C(C)C(N)=S. The Kier molecular flexibility index (Phi) is 6.11. The Morgan fingerprint density at radius 1 is 1.41 bits per heavy atom. The van der Waals surface area contributed by atoms with Crippen molar-refractivity contribution >= 4 is 17.2 Å². The summed E-state index contributed by atoms with van der Waals surface area (Å²) >= 11 is 5.06. The molecule has 1 aromatic carbocycles. The van der Waals surface area contributed by atoms with Crippen molar-refractivity contribution < 1.29 is 4.74 Å². The number of benzene rings is 1. The minimum atomic E-state index is 0.0837. The van der Waals surface area contributed by atoms with Gasteiger partial charge in [0.15, 0.2) is 0 Å². The molecule has 0 aromatic heterocycles. The molecule has 3 nitrogen and oxygen atoms in total. The van der Waals surface area contributed by atoms with Crippen molar-refractivity contribution in [1.29, 1.82) is 0 Å². The lowest BCUT2D eigenvalue weighted by atomic mass is 10.2. The van der Waals surface area contributed by atoms with Gasteiger partial charge >= 0.3 is 0 Å². The highest BCUT2D eigenvalue weighted by Gasteiger charge is 2.15. The fraction of sp³-hybridized carbons (Fsp3) is 0.462. The first-order valence-corrected chi connectivity index (χ1v) is 6.12. The molecule has 94 valence electrons. The summed E-state index contributed by atoms with van der Waals surface area (Å²) in [6.07, 6.45) is 0. The zero-order valence-electron chi connectivity index (χ0n) is 10.4. The van der Waals surface area contributed by atoms with E-state index in [4.69, 9.17) is 22.7 Å². The summed E-state index contributed by atoms with van der Waals surface area (Å²) in [4.78, 5) is 2.75. The smallest absolute Gasteiger partial charge is 0.0899 e. The molecule has 0 aliphatic rings. The Morgan fingerprint density at radius 2 is 2.06 bits per heavy atom. The van der Waals surface area contributed by atoms with Gasteiger partial charge in [0.1, 0.15) is 0 Å². The molecule has 1 unspecified atom stereocenters. The standard InChI is InChI=1S/C13H20N2OS/c1-11(13(14)17)15(8-9-16-2)10-12-6-4-3-5-7-12/h3-7,11H,8-10H2,1-2H3,(H2,14,17). The number of ether oxygens (including phenoxy) is 1. The number of nitrogens with zero attached hydrogens (tertiary/aromatic N) is 1. The maximum Gasteiger partial charge on any atom is 0.0899 e. The first kappa shape index (κ1) is 14.1. The molecule has 0 aliphatic carbocycles. The molecule has 4 heteroatoms. The largest absolute Gasteiger partial charge is 0.392 e. The molecule has 0 saturated heterocycles. The number of methoxy groups -OCH3 is 1. The third-order valence-electron chi connectivity index (χ3n) is 2.77. The zero-order chi connectivity index (χ0) is 12.7. The first-order chi connectivity index (χ1) is 8.15. The van der Waals surface area contributed by atoms with Crippen LogP contribution in [0.2, 0.25) is 0 Å². The molecule has 0 radical (unpaired) electrons. The quantitative estimate of drug-likeness (QED) is 0.751. The predicted octanol–water partition coefficient (Wildman–Crippen LogP) is 1.81. The average Bonchev–Trinajstić information content (AvgIpc) is 2.34. The normalized spacial score (nSPS) is 12.6. The molecule has 0 saturated carbocycles. The van der Waals surface area contributed by atoms with Gasteiger partial charge in [-0.05, 0) is 12.5 Å². The Morgan fingerprint density at radius 3 is 2.59 bits per heavy atom. The van der Waals surface area contributed by atoms with Crippen LogP contribution < -0.4 is 5.73 Å². The number of rotatable bonds is 7. The molecule has 1 aromatic rings. The van der Waals surface area contributed by atoms with Crippen LogP contribution in [0, 0.1) is 0 Å². The molecule has 2 N–H and O–H groups in total. The minimum Gasteiger partial charge on any atom is -0.392 e. The molecule has 0 spiro atoms. The van der Waals surface area contributed by atoms with Crippen molar-refractivity contribution in [3.8, 4) is 0 Å². The van der Waals surface area contributed by atoms with Crippen LogP contribution in [0.1, 0.15) is 12.5 Å². The second kappa shape index (κ2) is 7.37. The van der Waals surface area contributed by atoms with Crippen LogP contribution in [0.25, 0.3) is 0 Å². The summed E-state index contributed by atoms with van der Waals surface area (Å²) in [5, 5.41) is 0. The molecular formula is C13H20N2OS. The summed E-state index contributed by atoms with van der Waals surface area (Å²) < 4.78 is 5.11. The van der Waals surface area contributed by atoms with E-state index < -0.39 is 0 Å². The van der Waals surface area contributed by atoms with Crippen molar-refractivity contribution in [1.82, 2.24) is 4.90 Å². The van der Waals surface area contributed by atoms with E-state index in [2.05, 4.69) is 17.0 Å². The van der Waals surface area contributed by atoms with Crippen molar-refractivity contribution in [2.75, 3.05) is 20.3 Å². The highest BCUT2D eigenvalue weighted by molar-refractivity contribution is 7.80. The van der Waals surface area contributed by atoms with E-state index in [9.17, 15) is 0 Å². The van der Waals surface area contributed by atoms with E-state index in [-0.39, 0.29) is 6.04 Å². The monoisotopic (exact) mass is 252 g/mol. The van der Waals surface area contributed by atoms with Crippen molar-refractivity contribution in [3.05, 3.63) is 35.9 Å². The van der Waals surface area contributed by atoms with Gasteiger partial charge in [-0.15, -0.1) is 0 Å². The third kappa shape index (κ3) is 4.81. The van der Waals surface area contributed by atoms with Gasteiger partial charge in [0.25, 0.3) is 0 Å². The van der Waals surface area contributed by atoms with Crippen molar-refractivity contribution in [2.24, 2.45) is 5.73 Å². The fourth-order valence-electron chi connectivity index (χ4n) is 1.62. The minimum absolute atomic E-state index is 0.0837. The molecule has 1 atom stereocenters. The molecule has 17 heavy (non-hydrogen) atoms. The van der Waals surface area contributed by atoms with Crippen LogP contribution in [0.3, 0.4) is 0 Å². The number of hydrogen-bond acceptors (Lipinski definition) is 3. The number of hydrogen-bond donors (Lipinski definition) is 1. The van der Waals surface area contributed by atoms with Crippen LogP contribution in [0.4, 0.5) is 0 Å². The van der Waals surface area contributed by atoms with Crippen LogP contribution in [0.15, 0.2) is 30.3 Å². The van der Waals surface area contributed by atoms with E-state index in [0.717, 1.165) is 13.1 Å². The molecule has 0 fully saturated rings. The fourth-order valence-corrected chi connectivity index (χ4v) is 1.77. The summed E-state index contributed by atoms with van der Waals surface area (Å²) in [5.74, 6) is 0. The van der Waals surface area contributed by atoms with E-state index in [0.29, 0.717) is 11.6 Å². The Labute approximate surface area is 109 Å². The van der Waals surface area contributed by atoms with Gasteiger partial charge in [-0.1, -0.05) is 42.5 Å². The summed E-state index contributed by atoms with van der Waals surface area (Å²) in [6.45, 7) is 4.37. The van der Waals surface area contributed by atoms with Crippen LogP contribution >= 0.6 is 12.2 Å². The second-order valence-corrected chi connectivity index (χ2v) is 4.50. The number of nitrogens with two attached hydrogens (primary N) is 1. The summed E-state index contributed by atoms with van der Waals surface area (Å²) in [6, 6.07) is 10.4. The zero-order valence-corrected chi connectivity index (χ0v) is 11.2. The van der Waals surface area contributed by atoms with Gasteiger partial charge in [0.05, 0.1) is 17.6 Å². The topological polar surface area (TPSA) is 38.5 Å². The average molecular weight is 252 g/mol. The lowest BCUT2D eigenvalue weighted by Gasteiger charge is -2.28. The number of thiocarbonyl (C=S) groups is 1. The van der Waals surface area contributed by atoms with Crippen molar-refractivity contribution in [2.45, 2.75) is 19.5 Å². The van der Waals surface area contributed by atoms with Gasteiger partial charge in [-0.25, -0.2) is 0 Å². The highest BCUT2D eigenvalue weighted by atomic mass is 32.1. The van der Waals surface area contributed by atoms with Gasteiger partial charge in [0.2, 0.25) is 0 Å². The van der Waals surface area contributed by atoms with Gasteiger partial charge in [0, 0.05) is 20.2 Å². The van der Waals surface area contributed by atoms with E-state index in [1.54, 1.807) is 7.11 Å². The highest BCUT2D eigenvalue weighted by Crippen LogP contribution is 2.08. The Balaban J connectivity index is 2.66. The first-order valence-electron chi connectivity index (χ1n) is 5.71. The maximum absolute atomic E-state index is 5.71. The van der Waals surface area contributed by atoms with Crippen LogP contribution in [-0.4, -0.2) is 36.2 Å². The van der Waals surface area contributed by atoms with Gasteiger partial charge in [-0.2, -0.15) is 0 Å². The molecule has 1 rings (SSSR count). The van der Waals surface area contributed by atoms with Crippen LogP contribution in [0.5, 0.6) is 0 Å².